The Morgan fingerprint density at radius 3 is 2.77 bits per heavy atom. The Balaban J connectivity index is 2.51. The number of ether oxygens (including phenoxy) is 1. The van der Waals surface area contributed by atoms with Gasteiger partial charge in [0.25, 0.3) is 0 Å². The van der Waals surface area contributed by atoms with Gasteiger partial charge in [0.2, 0.25) is 11.1 Å². The lowest BCUT2D eigenvalue weighted by Gasteiger charge is -2.41. The maximum Gasteiger partial charge on any atom is 0.329 e. The molecule has 1 aliphatic carbocycles. The van der Waals surface area contributed by atoms with E-state index in [1.54, 1.807) is 4.90 Å². The van der Waals surface area contributed by atoms with Gasteiger partial charge < -0.3 is 9.64 Å². The van der Waals surface area contributed by atoms with Crippen molar-refractivity contribution in [3.05, 3.63) is 21.6 Å². The number of methoxy groups -OCH3 is 1. The molecule has 1 unspecified atom stereocenters. The summed E-state index contributed by atoms with van der Waals surface area (Å²) in [5, 5.41) is 11.2. The number of esters is 1. The molecule has 120 valence electrons. The van der Waals surface area contributed by atoms with E-state index in [9.17, 15) is 14.9 Å². The van der Waals surface area contributed by atoms with Crippen molar-refractivity contribution >= 4 is 29.1 Å². The van der Waals surface area contributed by atoms with Gasteiger partial charge in [-0.05, 0) is 37.3 Å². The number of carbonyl (C=O) groups excluding carboxylic acids is 1. The summed E-state index contributed by atoms with van der Waals surface area (Å²) in [5.41, 5.74) is -0.265. The van der Waals surface area contributed by atoms with E-state index in [-0.39, 0.29) is 22.8 Å². The molecule has 1 aromatic heterocycles. The van der Waals surface area contributed by atoms with Crippen molar-refractivity contribution in [2.45, 2.75) is 44.7 Å². The van der Waals surface area contributed by atoms with E-state index in [0.29, 0.717) is 6.42 Å². The second-order valence-electron chi connectivity index (χ2n) is 5.04. The molecule has 1 fully saturated rings. The van der Waals surface area contributed by atoms with Gasteiger partial charge >= 0.3 is 11.7 Å². The Hall–Kier alpha value is -1.96. The summed E-state index contributed by atoms with van der Waals surface area (Å²) in [5.74, 6) is -0.370. The molecule has 9 heteroatoms. The molecular weight excluding hydrogens is 312 g/mol. The molecular formula is C13H17ClN4O4. The SMILES string of the molecule is CCC(C(=O)OC)N(c1nc(Cl)ncc1[N+](=O)[O-])C1CCC1. The fourth-order valence-corrected chi connectivity index (χ4v) is 2.65. The van der Waals surface area contributed by atoms with E-state index in [1.807, 2.05) is 6.92 Å². The topological polar surface area (TPSA) is 98.5 Å². The van der Waals surface area contributed by atoms with Crippen molar-refractivity contribution in [1.29, 1.82) is 0 Å². The molecule has 0 spiro atoms. The molecule has 22 heavy (non-hydrogen) atoms. The van der Waals surface area contributed by atoms with Gasteiger partial charge in [0, 0.05) is 6.04 Å². The van der Waals surface area contributed by atoms with E-state index in [0.717, 1.165) is 25.5 Å². The highest BCUT2D eigenvalue weighted by Gasteiger charge is 2.39. The number of hydrogen-bond donors (Lipinski definition) is 0. The minimum Gasteiger partial charge on any atom is -0.467 e. The van der Waals surface area contributed by atoms with Crippen molar-refractivity contribution in [3.63, 3.8) is 0 Å². The monoisotopic (exact) mass is 328 g/mol. The summed E-state index contributed by atoms with van der Waals surface area (Å²) in [6.45, 7) is 1.82. The Labute approximate surface area is 132 Å². The number of nitrogens with zero attached hydrogens (tertiary/aromatic N) is 4. The second kappa shape index (κ2) is 6.87. The molecule has 1 atom stereocenters. The van der Waals surface area contributed by atoms with E-state index >= 15 is 0 Å². The first-order valence-electron chi connectivity index (χ1n) is 7.02. The lowest BCUT2D eigenvalue weighted by atomic mass is 9.89. The summed E-state index contributed by atoms with van der Waals surface area (Å²) in [4.78, 5) is 32.1. The van der Waals surface area contributed by atoms with Crippen LogP contribution in [0.15, 0.2) is 6.20 Å². The molecule has 0 aliphatic heterocycles. The average molecular weight is 329 g/mol. The van der Waals surface area contributed by atoms with Crippen LogP contribution in [0, 0.1) is 10.1 Å². The van der Waals surface area contributed by atoms with Crippen LogP contribution in [0.1, 0.15) is 32.6 Å². The van der Waals surface area contributed by atoms with Crippen LogP contribution in [-0.2, 0) is 9.53 Å². The van der Waals surface area contributed by atoms with Gasteiger partial charge in [0.1, 0.15) is 12.2 Å². The van der Waals surface area contributed by atoms with Crippen LogP contribution in [0.4, 0.5) is 11.5 Å². The first-order chi connectivity index (χ1) is 10.5. The van der Waals surface area contributed by atoms with Crippen LogP contribution in [0.2, 0.25) is 5.28 Å². The highest BCUT2D eigenvalue weighted by Crippen LogP contribution is 2.36. The average Bonchev–Trinajstić information content (AvgIpc) is 2.44. The Kier molecular flexibility index (Phi) is 5.12. The molecule has 0 N–H and O–H groups in total. The molecule has 0 saturated heterocycles. The standard InChI is InChI=1S/C13H17ClN4O4/c1-3-9(12(19)22-2)17(8-5-4-6-8)11-10(18(20)21)7-15-13(14)16-11/h7-9H,3-6H2,1-2H3. The molecule has 8 nitrogen and oxygen atoms in total. The van der Waals surface area contributed by atoms with Gasteiger partial charge in [-0.2, -0.15) is 4.98 Å². The van der Waals surface area contributed by atoms with Gasteiger partial charge in [0.15, 0.2) is 0 Å². The maximum absolute atomic E-state index is 12.1. The number of aromatic nitrogens is 2. The van der Waals surface area contributed by atoms with Crippen molar-refractivity contribution in [3.8, 4) is 0 Å². The molecule has 0 radical (unpaired) electrons. The van der Waals surface area contributed by atoms with E-state index in [4.69, 9.17) is 16.3 Å². The van der Waals surface area contributed by atoms with Crippen LogP contribution in [0.3, 0.4) is 0 Å². The number of carbonyl (C=O) groups is 1. The molecule has 1 aromatic rings. The largest absolute Gasteiger partial charge is 0.467 e. The summed E-state index contributed by atoms with van der Waals surface area (Å²) < 4.78 is 4.83. The zero-order valence-corrected chi connectivity index (χ0v) is 13.1. The van der Waals surface area contributed by atoms with Crippen molar-refractivity contribution in [2.75, 3.05) is 12.0 Å². The molecule has 0 aromatic carbocycles. The number of anilines is 1. The summed E-state index contributed by atoms with van der Waals surface area (Å²) in [6, 6.07) is -0.631. The van der Waals surface area contributed by atoms with Crippen LogP contribution >= 0.6 is 11.6 Å². The smallest absolute Gasteiger partial charge is 0.329 e. The third-order valence-corrected chi connectivity index (χ3v) is 4.01. The zero-order valence-electron chi connectivity index (χ0n) is 12.4. The Bertz CT molecular complexity index is 579. The van der Waals surface area contributed by atoms with E-state index in [1.165, 1.54) is 7.11 Å². The molecule has 0 bridgehead atoms. The van der Waals surface area contributed by atoms with Crippen molar-refractivity contribution in [1.82, 2.24) is 9.97 Å². The van der Waals surface area contributed by atoms with Crippen LogP contribution in [-0.4, -0.2) is 40.1 Å². The van der Waals surface area contributed by atoms with E-state index in [2.05, 4.69) is 9.97 Å². The number of nitro groups is 1. The van der Waals surface area contributed by atoms with Crippen LogP contribution in [0.25, 0.3) is 0 Å². The highest BCUT2D eigenvalue weighted by molar-refractivity contribution is 6.28. The maximum atomic E-state index is 12.1. The normalized spacial score (nSPS) is 15.8. The third-order valence-electron chi connectivity index (χ3n) is 3.83. The van der Waals surface area contributed by atoms with Gasteiger partial charge in [-0.15, -0.1) is 0 Å². The van der Waals surface area contributed by atoms with Crippen LogP contribution < -0.4 is 4.90 Å². The second-order valence-corrected chi connectivity index (χ2v) is 5.38. The first kappa shape index (κ1) is 16.4. The Morgan fingerprint density at radius 2 is 2.32 bits per heavy atom. The van der Waals surface area contributed by atoms with Crippen molar-refractivity contribution < 1.29 is 14.5 Å². The summed E-state index contributed by atoms with van der Waals surface area (Å²) in [7, 11) is 1.30. The number of hydrogen-bond acceptors (Lipinski definition) is 7. The fourth-order valence-electron chi connectivity index (χ4n) is 2.52. The first-order valence-corrected chi connectivity index (χ1v) is 7.40. The third kappa shape index (κ3) is 3.11. The fraction of sp³-hybridized carbons (Fsp3) is 0.615. The van der Waals surface area contributed by atoms with Crippen LogP contribution in [0.5, 0.6) is 0 Å². The van der Waals surface area contributed by atoms with Gasteiger partial charge in [-0.1, -0.05) is 6.92 Å². The predicted molar refractivity (Wildman–Crippen MR) is 79.9 cm³/mol. The molecule has 1 aliphatic rings. The quantitative estimate of drug-likeness (QED) is 0.342. The minimum atomic E-state index is -0.639. The number of rotatable bonds is 6. The van der Waals surface area contributed by atoms with Crippen molar-refractivity contribution in [2.24, 2.45) is 0 Å². The zero-order chi connectivity index (χ0) is 16.3. The molecule has 1 heterocycles. The predicted octanol–water partition coefficient (Wildman–Crippen LogP) is 2.35. The minimum absolute atomic E-state index is 0.00807. The van der Waals surface area contributed by atoms with Gasteiger partial charge in [-0.25, -0.2) is 9.78 Å². The summed E-state index contributed by atoms with van der Waals surface area (Å²) >= 11 is 5.81. The van der Waals surface area contributed by atoms with E-state index < -0.39 is 16.9 Å². The Morgan fingerprint density at radius 1 is 1.64 bits per heavy atom. The lowest BCUT2D eigenvalue weighted by molar-refractivity contribution is -0.384. The molecule has 1 saturated carbocycles. The molecule has 0 amide bonds. The highest BCUT2D eigenvalue weighted by atomic mass is 35.5. The summed E-state index contributed by atoms with van der Waals surface area (Å²) in [6.07, 6.45) is 4.20. The molecule has 2 rings (SSSR count). The van der Waals surface area contributed by atoms with Gasteiger partial charge in [-0.3, -0.25) is 10.1 Å². The number of halogens is 1. The van der Waals surface area contributed by atoms with Gasteiger partial charge in [0.05, 0.1) is 12.0 Å². The lowest BCUT2D eigenvalue weighted by Crippen LogP contribution is -2.51.